The van der Waals surface area contributed by atoms with E-state index in [9.17, 15) is 13.9 Å². The van der Waals surface area contributed by atoms with E-state index in [1.165, 1.54) is 30.2 Å². The van der Waals surface area contributed by atoms with Gasteiger partial charge in [-0.1, -0.05) is 0 Å². The largest absolute Gasteiger partial charge is 0.493 e. The first-order valence-corrected chi connectivity index (χ1v) is 11.0. The average molecular weight is 478 g/mol. The maximum absolute atomic E-state index is 14.5. The van der Waals surface area contributed by atoms with Gasteiger partial charge in [-0.3, -0.25) is 4.40 Å². The number of pyridine rings is 1. The normalized spacial score (nSPS) is 14.7. The lowest BCUT2D eigenvalue weighted by Crippen LogP contribution is -2.27. The van der Waals surface area contributed by atoms with Crippen LogP contribution >= 0.6 is 0 Å². The number of hydrogen-bond acceptors (Lipinski definition) is 8. The van der Waals surface area contributed by atoms with Crippen molar-refractivity contribution in [1.82, 2.24) is 34.2 Å². The summed E-state index contributed by atoms with van der Waals surface area (Å²) >= 11 is 0. The smallest absolute Gasteiger partial charge is 0.210 e. The first kappa shape index (κ1) is 21.4. The Morgan fingerprint density at radius 2 is 2.06 bits per heavy atom. The standard InChI is InChI=1S/C23H20F2N8O2/c1-23(34,10-24)19-5-2-14(20-28-11-30-33(19)20)16-9-27-22(32-12-29-31-21(16)32)26-8-15-13-6-7-35-18(13)4-3-17(15)25/h2-5,9,11-12,34H,6-8,10H2,1H3,(H,26,27). The number of nitrogens with one attached hydrogen (secondary N) is 1. The van der Waals surface area contributed by atoms with Crippen LogP contribution in [-0.4, -0.2) is 52.6 Å². The molecule has 178 valence electrons. The van der Waals surface area contributed by atoms with E-state index in [4.69, 9.17) is 4.74 Å². The van der Waals surface area contributed by atoms with E-state index in [-0.39, 0.29) is 18.1 Å². The number of hydrogen-bond donors (Lipinski definition) is 2. The van der Waals surface area contributed by atoms with Crippen molar-refractivity contribution in [2.45, 2.75) is 25.5 Å². The van der Waals surface area contributed by atoms with Crippen LogP contribution in [0.5, 0.6) is 5.75 Å². The summed E-state index contributed by atoms with van der Waals surface area (Å²) in [7, 11) is 0. The monoisotopic (exact) mass is 478 g/mol. The van der Waals surface area contributed by atoms with Crippen molar-refractivity contribution in [3.05, 3.63) is 65.8 Å². The van der Waals surface area contributed by atoms with E-state index >= 15 is 0 Å². The van der Waals surface area contributed by atoms with Crippen LogP contribution in [0.4, 0.5) is 14.7 Å². The highest BCUT2D eigenvalue weighted by Crippen LogP contribution is 2.32. The lowest BCUT2D eigenvalue weighted by molar-refractivity contribution is 0.0239. The molecule has 0 fully saturated rings. The van der Waals surface area contributed by atoms with Crippen LogP contribution in [0.2, 0.25) is 0 Å². The first-order valence-electron chi connectivity index (χ1n) is 11.0. The van der Waals surface area contributed by atoms with Gasteiger partial charge in [-0.2, -0.15) is 5.10 Å². The topological polar surface area (TPSA) is 115 Å². The Morgan fingerprint density at radius 3 is 2.91 bits per heavy atom. The summed E-state index contributed by atoms with van der Waals surface area (Å²) in [6.07, 6.45) is 5.10. The summed E-state index contributed by atoms with van der Waals surface area (Å²) < 4.78 is 36.6. The van der Waals surface area contributed by atoms with Crippen molar-refractivity contribution in [3.63, 3.8) is 0 Å². The summed E-state index contributed by atoms with van der Waals surface area (Å²) in [6, 6.07) is 6.36. The highest BCUT2D eigenvalue weighted by atomic mass is 19.1. The van der Waals surface area contributed by atoms with Crippen LogP contribution in [0.15, 0.2) is 43.1 Å². The molecule has 0 saturated heterocycles. The quantitative estimate of drug-likeness (QED) is 0.383. The van der Waals surface area contributed by atoms with Gasteiger partial charge in [0.25, 0.3) is 0 Å². The number of nitrogens with zero attached hydrogens (tertiary/aromatic N) is 7. The van der Waals surface area contributed by atoms with Gasteiger partial charge in [0.1, 0.15) is 36.5 Å². The number of anilines is 1. The Labute approximate surface area is 197 Å². The number of aromatic nitrogens is 7. The van der Waals surface area contributed by atoms with E-state index in [0.717, 1.165) is 5.56 Å². The SMILES string of the molecule is CC(O)(CF)c1ccc(-c2cnc(NCc3c(F)ccc4c3CCO4)n3cnnc23)c2ncnn12. The molecule has 0 bridgehead atoms. The molecule has 12 heteroatoms. The molecule has 0 amide bonds. The number of fused-ring (bicyclic) bond motifs is 3. The molecule has 1 atom stereocenters. The summed E-state index contributed by atoms with van der Waals surface area (Å²) in [5.41, 5.74) is 2.06. The van der Waals surface area contributed by atoms with Gasteiger partial charge in [0, 0.05) is 41.4 Å². The van der Waals surface area contributed by atoms with Crippen molar-refractivity contribution in [1.29, 1.82) is 0 Å². The van der Waals surface area contributed by atoms with Gasteiger partial charge in [-0.15, -0.1) is 10.2 Å². The minimum atomic E-state index is -1.72. The molecule has 0 radical (unpaired) electrons. The van der Waals surface area contributed by atoms with Gasteiger partial charge in [0.2, 0.25) is 5.95 Å². The third-order valence-corrected chi connectivity index (χ3v) is 6.22. The lowest BCUT2D eigenvalue weighted by atomic mass is 10.0. The Morgan fingerprint density at radius 1 is 1.17 bits per heavy atom. The minimum absolute atomic E-state index is 0.208. The fourth-order valence-electron chi connectivity index (χ4n) is 4.41. The van der Waals surface area contributed by atoms with E-state index in [1.807, 2.05) is 0 Å². The van der Waals surface area contributed by atoms with Crippen LogP contribution in [0.25, 0.3) is 22.4 Å². The van der Waals surface area contributed by atoms with Gasteiger partial charge in [-0.05, 0) is 31.2 Å². The Balaban J connectivity index is 1.39. The molecule has 1 aliphatic rings. The molecule has 1 aliphatic heterocycles. The van der Waals surface area contributed by atoms with E-state index in [2.05, 4.69) is 30.6 Å². The van der Waals surface area contributed by atoms with Gasteiger partial charge >= 0.3 is 0 Å². The van der Waals surface area contributed by atoms with Crippen molar-refractivity contribution in [3.8, 4) is 16.9 Å². The molecular formula is C23H20F2N8O2. The summed E-state index contributed by atoms with van der Waals surface area (Å²) in [6.45, 7) is 1.14. The van der Waals surface area contributed by atoms with Crippen molar-refractivity contribution in [2.24, 2.45) is 0 Å². The summed E-state index contributed by atoms with van der Waals surface area (Å²) in [4.78, 5) is 8.82. The van der Waals surface area contributed by atoms with Crippen molar-refractivity contribution >= 4 is 17.2 Å². The second-order valence-electron chi connectivity index (χ2n) is 8.51. The Kier molecular flexibility index (Phi) is 4.85. The number of ether oxygens (including phenoxy) is 1. The second-order valence-corrected chi connectivity index (χ2v) is 8.51. The number of alkyl halides is 1. The van der Waals surface area contributed by atoms with Crippen LogP contribution in [0, 0.1) is 5.82 Å². The summed E-state index contributed by atoms with van der Waals surface area (Å²) in [5.74, 6) is 0.824. The van der Waals surface area contributed by atoms with Crippen LogP contribution in [-0.2, 0) is 18.6 Å². The maximum atomic E-state index is 14.5. The van der Waals surface area contributed by atoms with Crippen molar-refractivity contribution < 1.29 is 18.6 Å². The molecule has 1 unspecified atom stereocenters. The van der Waals surface area contributed by atoms with Crippen LogP contribution in [0.1, 0.15) is 23.7 Å². The second kappa shape index (κ2) is 7.94. The molecule has 35 heavy (non-hydrogen) atoms. The predicted molar refractivity (Wildman–Crippen MR) is 121 cm³/mol. The molecular weight excluding hydrogens is 458 g/mol. The van der Waals surface area contributed by atoms with E-state index in [0.29, 0.717) is 52.7 Å². The van der Waals surface area contributed by atoms with Gasteiger partial charge in [0.05, 0.1) is 12.3 Å². The first-order chi connectivity index (χ1) is 17.0. The van der Waals surface area contributed by atoms with Crippen LogP contribution < -0.4 is 10.1 Å². The number of halogens is 2. The molecule has 2 N–H and O–H groups in total. The molecule has 10 nitrogen and oxygen atoms in total. The number of rotatable bonds is 6. The maximum Gasteiger partial charge on any atom is 0.210 e. The summed E-state index contributed by atoms with van der Waals surface area (Å²) in [5, 5.41) is 26.0. The average Bonchev–Trinajstić information content (AvgIpc) is 3.63. The molecule has 0 spiro atoms. The van der Waals surface area contributed by atoms with E-state index < -0.39 is 12.3 Å². The zero-order valence-electron chi connectivity index (χ0n) is 18.6. The fourth-order valence-corrected chi connectivity index (χ4v) is 4.41. The Hall–Kier alpha value is -4.19. The fraction of sp³-hybridized carbons (Fsp3) is 0.261. The third-order valence-electron chi connectivity index (χ3n) is 6.22. The number of benzene rings is 1. The molecule has 0 aliphatic carbocycles. The van der Waals surface area contributed by atoms with Crippen LogP contribution in [0.3, 0.4) is 0 Å². The molecule has 5 heterocycles. The third kappa shape index (κ3) is 3.36. The van der Waals surface area contributed by atoms with Gasteiger partial charge < -0.3 is 15.2 Å². The molecule has 1 aromatic carbocycles. The van der Waals surface area contributed by atoms with Gasteiger partial charge in [-0.25, -0.2) is 23.3 Å². The zero-order valence-corrected chi connectivity index (χ0v) is 18.6. The highest BCUT2D eigenvalue weighted by molar-refractivity contribution is 5.86. The van der Waals surface area contributed by atoms with E-state index in [1.54, 1.807) is 28.8 Å². The molecule has 4 aromatic heterocycles. The molecule has 0 saturated carbocycles. The Bertz CT molecular complexity index is 1580. The van der Waals surface area contributed by atoms with Gasteiger partial charge in [0.15, 0.2) is 11.3 Å². The molecule has 6 rings (SSSR count). The number of aliphatic hydroxyl groups is 1. The minimum Gasteiger partial charge on any atom is -0.493 e. The predicted octanol–water partition coefficient (Wildman–Crippen LogP) is 2.70. The highest BCUT2D eigenvalue weighted by Gasteiger charge is 2.28. The molecule has 5 aromatic rings. The van der Waals surface area contributed by atoms with Crippen molar-refractivity contribution in [2.75, 3.05) is 18.6 Å². The lowest BCUT2D eigenvalue weighted by Gasteiger charge is -2.21. The zero-order chi connectivity index (χ0) is 24.2.